The van der Waals surface area contributed by atoms with Crippen LogP contribution in [0.5, 0.6) is 0 Å². The molecular weight excluding hydrogens is 604 g/mol. The molecule has 3 aliphatic rings. The largest absolute Gasteiger partial charge is 0.371 e. The summed E-state index contributed by atoms with van der Waals surface area (Å²) in [7, 11) is 0. The number of hydrogen-bond donors (Lipinski definition) is 2. The molecule has 4 heterocycles. The Hall–Kier alpha value is -4.48. The molecule has 12 nitrogen and oxygen atoms in total. The molecule has 0 bridgehead atoms. The molecule has 0 spiro atoms. The van der Waals surface area contributed by atoms with Crippen LogP contribution in [0.4, 0.5) is 40.6 Å². The van der Waals surface area contributed by atoms with Gasteiger partial charge in [-0.15, -0.1) is 0 Å². The van der Waals surface area contributed by atoms with E-state index in [1.807, 2.05) is 18.2 Å². The summed E-state index contributed by atoms with van der Waals surface area (Å²) in [6.45, 7) is 16.2. The third-order valence-electron chi connectivity index (χ3n) is 10.5. The van der Waals surface area contributed by atoms with E-state index in [4.69, 9.17) is 9.97 Å². The number of aromatic nitrogens is 3. The van der Waals surface area contributed by atoms with Gasteiger partial charge in [-0.05, 0) is 93.4 Å². The fourth-order valence-electron chi connectivity index (χ4n) is 6.84. The molecule has 0 saturated carbocycles. The summed E-state index contributed by atoms with van der Waals surface area (Å²) in [6, 6.07) is 9.82. The molecule has 2 N–H and O–H groups in total. The van der Waals surface area contributed by atoms with Gasteiger partial charge in [0.05, 0.1) is 11.1 Å². The number of hydrogen-bond acceptors (Lipinski definition) is 11. The van der Waals surface area contributed by atoms with Crippen LogP contribution in [0.2, 0.25) is 0 Å². The highest BCUT2D eigenvalue weighted by Gasteiger charge is 2.28. The lowest BCUT2D eigenvalue weighted by molar-refractivity contribution is -0.384. The van der Waals surface area contributed by atoms with E-state index < -0.39 is 0 Å². The van der Waals surface area contributed by atoms with Crippen LogP contribution >= 0.6 is 0 Å². The normalized spacial score (nSPS) is 18.5. The summed E-state index contributed by atoms with van der Waals surface area (Å²) in [5.41, 5.74) is 8.77. The molecule has 3 saturated heterocycles. The maximum absolute atomic E-state index is 12.4. The van der Waals surface area contributed by atoms with Gasteiger partial charge in [0.2, 0.25) is 17.8 Å². The van der Waals surface area contributed by atoms with E-state index in [1.54, 1.807) is 12.3 Å². The molecule has 0 atom stereocenters. The number of nitro benzene ring substituents is 1. The molecule has 3 aromatic rings. The highest BCUT2D eigenvalue weighted by Crippen LogP contribution is 2.38. The molecular formula is C36H50N10O2. The van der Waals surface area contributed by atoms with Gasteiger partial charge in [-0.3, -0.25) is 10.1 Å². The molecule has 12 heteroatoms. The Bertz CT molecular complexity index is 1620. The minimum absolute atomic E-state index is 0.113. The first kappa shape index (κ1) is 33.4. The average Bonchev–Trinajstić information content (AvgIpc) is 3.08. The number of nitro groups is 1. The van der Waals surface area contributed by atoms with Crippen LogP contribution in [-0.4, -0.2) is 65.4 Å². The Morgan fingerprint density at radius 2 is 1.35 bits per heavy atom. The number of nitrogens with zero attached hydrogens (tertiary/aromatic N) is 8. The van der Waals surface area contributed by atoms with Gasteiger partial charge >= 0.3 is 0 Å². The molecule has 0 unspecified atom stereocenters. The monoisotopic (exact) mass is 654 g/mol. The fourth-order valence-corrected chi connectivity index (χ4v) is 6.84. The first-order valence-corrected chi connectivity index (χ1v) is 17.6. The molecule has 3 aliphatic heterocycles. The van der Waals surface area contributed by atoms with Gasteiger partial charge in [0.15, 0.2) is 0 Å². The van der Waals surface area contributed by atoms with Gasteiger partial charge in [-0.2, -0.15) is 20.1 Å². The lowest BCUT2D eigenvalue weighted by Crippen LogP contribution is -2.35. The Morgan fingerprint density at radius 1 is 0.792 bits per heavy atom. The van der Waals surface area contributed by atoms with Crippen molar-refractivity contribution >= 4 is 46.8 Å². The SMILES string of the molecule is Cc1cccc(Nc2nc(NN=Cc3cc([N+](=O)[O-])c(N4CCC(C)CC4)cc3N3CCC(C)CC3)nc(N3CCC(C)CC3)n2)c1C. The number of piperidine rings is 3. The van der Waals surface area contributed by atoms with Crippen LogP contribution < -0.4 is 25.4 Å². The maximum Gasteiger partial charge on any atom is 0.293 e. The Morgan fingerprint density at radius 3 is 1.96 bits per heavy atom. The zero-order valence-electron chi connectivity index (χ0n) is 29.1. The van der Waals surface area contributed by atoms with Crippen LogP contribution in [0.15, 0.2) is 35.4 Å². The highest BCUT2D eigenvalue weighted by atomic mass is 16.6. The molecule has 0 amide bonds. The molecule has 2 aromatic carbocycles. The number of anilines is 6. The summed E-state index contributed by atoms with van der Waals surface area (Å²) in [5.74, 6) is 3.31. The number of benzene rings is 2. The topological polar surface area (TPSA) is 128 Å². The third-order valence-corrected chi connectivity index (χ3v) is 10.5. The van der Waals surface area contributed by atoms with E-state index in [-0.39, 0.29) is 10.6 Å². The quantitative estimate of drug-likeness (QED) is 0.138. The number of hydrazone groups is 1. The standard InChI is InChI=1S/C36H50N10O2/c1-24-9-15-43(16-10-24)31-22-32(44-17-11-25(2)12-18-44)33(46(47)48)21-29(31)23-37-42-35-39-34(38-30-8-6-7-27(4)28(30)5)40-36(41-35)45-19-13-26(3)14-20-45/h6-8,21-26H,9-20H2,1-5H3,(H2,38,39,40,41,42). The summed E-state index contributed by atoms with van der Waals surface area (Å²) < 4.78 is 0. The second kappa shape index (κ2) is 14.7. The second-order valence-electron chi connectivity index (χ2n) is 14.2. The predicted octanol–water partition coefficient (Wildman–Crippen LogP) is 7.30. The summed E-state index contributed by atoms with van der Waals surface area (Å²) in [4.78, 5) is 33.1. The van der Waals surface area contributed by atoms with Gasteiger partial charge in [0.25, 0.3) is 5.69 Å². The average molecular weight is 655 g/mol. The van der Waals surface area contributed by atoms with Crippen LogP contribution in [0.25, 0.3) is 0 Å². The van der Waals surface area contributed by atoms with Gasteiger partial charge in [0.1, 0.15) is 5.69 Å². The molecule has 3 fully saturated rings. The van der Waals surface area contributed by atoms with Crippen molar-refractivity contribution in [3.63, 3.8) is 0 Å². The van der Waals surface area contributed by atoms with Crippen LogP contribution in [-0.2, 0) is 0 Å². The zero-order valence-corrected chi connectivity index (χ0v) is 29.1. The van der Waals surface area contributed by atoms with Crippen molar-refractivity contribution in [1.29, 1.82) is 0 Å². The summed E-state index contributed by atoms with van der Waals surface area (Å²) in [5, 5.41) is 20.4. The van der Waals surface area contributed by atoms with Crippen molar-refractivity contribution in [2.75, 3.05) is 64.7 Å². The van der Waals surface area contributed by atoms with E-state index in [2.05, 4.69) is 76.2 Å². The Kier molecular flexibility index (Phi) is 10.3. The molecule has 0 aliphatic carbocycles. The lowest BCUT2D eigenvalue weighted by Gasteiger charge is -2.35. The molecule has 6 rings (SSSR count). The van der Waals surface area contributed by atoms with Crippen LogP contribution in [0.3, 0.4) is 0 Å². The van der Waals surface area contributed by atoms with E-state index >= 15 is 0 Å². The van der Waals surface area contributed by atoms with E-state index in [9.17, 15) is 10.1 Å². The van der Waals surface area contributed by atoms with E-state index in [1.165, 1.54) is 5.56 Å². The van der Waals surface area contributed by atoms with Crippen molar-refractivity contribution in [2.45, 2.75) is 73.1 Å². The molecule has 1 aromatic heterocycles. The van der Waals surface area contributed by atoms with Crippen molar-refractivity contribution < 1.29 is 4.92 Å². The van der Waals surface area contributed by atoms with Gasteiger partial charge in [-0.25, -0.2) is 5.43 Å². The van der Waals surface area contributed by atoms with Crippen molar-refractivity contribution in [1.82, 2.24) is 15.0 Å². The number of nitrogens with one attached hydrogen (secondary N) is 2. The molecule has 48 heavy (non-hydrogen) atoms. The number of aryl methyl sites for hydroxylation is 1. The van der Waals surface area contributed by atoms with Gasteiger partial charge in [0, 0.05) is 62.3 Å². The Labute approximate surface area is 284 Å². The lowest BCUT2D eigenvalue weighted by atomic mass is 9.96. The van der Waals surface area contributed by atoms with Crippen LogP contribution in [0.1, 0.15) is 76.0 Å². The third kappa shape index (κ3) is 7.79. The molecule has 0 radical (unpaired) electrons. The smallest absolute Gasteiger partial charge is 0.293 e. The van der Waals surface area contributed by atoms with E-state index in [0.717, 1.165) is 94.7 Å². The fraction of sp³-hybridized carbons (Fsp3) is 0.556. The first-order valence-electron chi connectivity index (χ1n) is 17.6. The highest BCUT2D eigenvalue weighted by molar-refractivity contribution is 5.92. The minimum Gasteiger partial charge on any atom is -0.371 e. The zero-order chi connectivity index (χ0) is 33.8. The molecule has 256 valence electrons. The predicted molar refractivity (Wildman–Crippen MR) is 195 cm³/mol. The van der Waals surface area contributed by atoms with Crippen LogP contribution in [0, 0.1) is 41.7 Å². The second-order valence-corrected chi connectivity index (χ2v) is 14.2. The van der Waals surface area contributed by atoms with Crippen molar-refractivity contribution in [2.24, 2.45) is 22.9 Å². The van der Waals surface area contributed by atoms with Crippen molar-refractivity contribution in [3.05, 3.63) is 57.1 Å². The number of rotatable bonds is 9. The Balaban J connectivity index is 1.32. The van der Waals surface area contributed by atoms with Gasteiger partial charge < -0.3 is 20.0 Å². The first-order chi connectivity index (χ1) is 23.1. The van der Waals surface area contributed by atoms with Gasteiger partial charge in [-0.1, -0.05) is 32.9 Å². The minimum atomic E-state index is -0.261. The summed E-state index contributed by atoms with van der Waals surface area (Å²) >= 11 is 0. The van der Waals surface area contributed by atoms with E-state index in [0.29, 0.717) is 46.8 Å². The summed E-state index contributed by atoms with van der Waals surface area (Å²) in [6.07, 6.45) is 8.07. The maximum atomic E-state index is 12.4. The van der Waals surface area contributed by atoms with Crippen molar-refractivity contribution in [3.8, 4) is 0 Å².